The number of hydrogen-bond donors (Lipinski definition) is 0. The smallest absolute Gasteiger partial charge is 0.0741 e. The van der Waals surface area contributed by atoms with E-state index in [0.717, 1.165) is 19.0 Å². The van der Waals surface area contributed by atoms with Gasteiger partial charge in [-0.05, 0) is 6.42 Å². The molecular formula is C10H12OP+. The molecule has 12 heavy (non-hydrogen) atoms. The van der Waals surface area contributed by atoms with Gasteiger partial charge >= 0.3 is 7.80 Å². The molecule has 2 rings (SSSR count). The van der Waals surface area contributed by atoms with E-state index < -0.39 is 7.80 Å². The molecule has 1 heterocycles. The molecule has 2 heteroatoms. The summed E-state index contributed by atoms with van der Waals surface area (Å²) < 4.78 is 11.5. The minimum atomic E-state index is -0.955. The van der Waals surface area contributed by atoms with Crippen LogP contribution >= 0.6 is 7.80 Å². The first-order valence-corrected chi connectivity index (χ1v) is 5.88. The van der Waals surface area contributed by atoms with Crippen LogP contribution in [0.15, 0.2) is 30.3 Å². The normalized spacial score (nSPS) is 26.0. The largest absolute Gasteiger partial charge is 0.346 e. The van der Waals surface area contributed by atoms with E-state index in [2.05, 4.69) is 12.1 Å². The van der Waals surface area contributed by atoms with Crippen LogP contribution in [-0.2, 0) is 4.57 Å². The summed E-state index contributed by atoms with van der Waals surface area (Å²) in [6, 6.07) is 10.2. The quantitative estimate of drug-likeness (QED) is 0.604. The van der Waals surface area contributed by atoms with E-state index in [9.17, 15) is 4.57 Å². The molecule has 1 saturated heterocycles. The van der Waals surface area contributed by atoms with E-state index in [-0.39, 0.29) is 0 Å². The van der Waals surface area contributed by atoms with Gasteiger partial charge in [0.15, 0.2) is 5.66 Å². The fourth-order valence-electron chi connectivity index (χ4n) is 1.75. The van der Waals surface area contributed by atoms with Crippen LogP contribution < -0.4 is 0 Å². The molecule has 2 atom stereocenters. The van der Waals surface area contributed by atoms with Crippen molar-refractivity contribution in [3.8, 4) is 0 Å². The van der Waals surface area contributed by atoms with Crippen LogP contribution in [0.1, 0.15) is 24.1 Å². The lowest BCUT2D eigenvalue weighted by Crippen LogP contribution is -1.86. The zero-order chi connectivity index (χ0) is 8.39. The molecule has 0 amide bonds. The van der Waals surface area contributed by atoms with Crippen LogP contribution in [0.25, 0.3) is 0 Å². The molecule has 1 aromatic rings. The van der Waals surface area contributed by atoms with Crippen LogP contribution in [0, 0.1) is 0 Å². The SMILES string of the molecule is O=[P+]1CCC[C@H]1c1ccccc1. The summed E-state index contributed by atoms with van der Waals surface area (Å²) in [6.45, 7) is 0. The van der Waals surface area contributed by atoms with Gasteiger partial charge in [0.1, 0.15) is 6.16 Å². The molecule has 1 fully saturated rings. The van der Waals surface area contributed by atoms with Gasteiger partial charge in [0.05, 0.1) is 0 Å². The van der Waals surface area contributed by atoms with Gasteiger partial charge in [-0.2, -0.15) is 0 Å². The number of hydrogen-bond acceptors (Lipinski definition) is 1. The van der Waals surface area contributed by atoms with Crippen LogP contribution in [0.2, 0.25) is 0 Å². The molecule has 0 radical (unpaired) electrons. The summed E-state index contributed by atoms with van der Waals surface area (Å²) >= 11 is 0. The van der Waals surface area contributed by atoms with Crippen molar-refractivity contribution in [3.63, 3.8) is 0 Å². The van der Waals surface area contributed by atoms with E-state index in [4.69, 9.17) is 0 Å². The molecule has 0 saturated carbocycles. The Hall–Kier alpha value is -0.680. The van der Waals surface area contributed by atoms with Crippen molar-refractivity contribution in [2.24, 2.45) is 0 Å². The van der Waals surface area contributed by atoms with Crippen LogP contribution in [0.5, 0.6) is 0 Å². The van der Waals surface area contributed by atoms with E-state index in [1.807, 2.05) is 18.2 Å². The third-order valence-corrected chi connectivity index (χ3v) is 4.40. The zero-order valence-electron chi connectivity index (χ0n) is 6.94. The van der Waals surface area contributed by atoms with Gasteiger partial charge in [-0.3, -0.25) is 0 Å². The molecule has 1 nitrogen and oxygen atoms in total. The molecule has 1 aromatic carbocycles. The average Bonchev–Trinajstić information content (AvgIpc) is 2.53. The van der Waals surface area contributed by atoms with E-state index in [1.165, 1.54) is 5.56 Å². The molecule has 0 aliphatic carbocycles. The van der Waals surface area contributed by atoms with Gasteiger partial charge in [-0.1, -0.05) is 34.9 Å². The van der Waals surface area contributed by atoms with Crippen molar-refractivity contribution < 1.29 is 4.57 Å². The second-order valence-corrected chi connectivity index (χ2v) is 5.11. The van der Waals surface area contributed by atoms with Crippen LogP contribution in [0.3, 0.4) is 0 Å². The Balaban J connectivity index is 2.25. The first-order valence-electron chi connectivity index (χ1n) is 4.36. The van der Waals surface area contributed by atoms with E-state index in [1.54, 1.807) is 0 Å². The highest BCUT2D eigenvalue weighted by Crippen LogP contribution is 2.50. The third-order valence-electron chi connectivity index (χ3n) is 2.39. The molecule has 0 N–H and O–H groups in total. The van der Waals surface area contributed by atoms with Gasteiger partial charge in [0.25, 0.3) is 0 Å². The van der Waals surface area contributed by atoms with Crippen molar-refractivity contribution in [1.29, 1.82) is 0 Å². The van der Waals surface area contributed by atoms with Crippen LogP contribution in [0.4, 0.5) is 0 Å². The second-order valence-electron chi connectivity index (χ2n) is 3.21. The van der Waals surface area contributed by atoms with Crippen LogP contribution in [-0.4, -0.2) is 6.16 Å². The monoisotopic (exact) mass is 179 g/mol. The topological polar surface area (TPSA) is 17.1 Å². The van der Waals surface area contributed by atoms with Gasteiger partial charge in [-0.25, -0.2) is 0 Å². The van der Waals surface area contributed by atoms with Gasteiger partial charge in [-0.15, -0.1) is 0 Å². The molecule has 0 spiro atoms. The molecule has 1 aliphatic heterocycles. The summed E-state index contributed by atoms with van der Waals surface area (Å²) in [5.41, 5.74) is 1.61. The first kappa shape index (κ1) is 7.94. The van der Waals surface area contributed by atoms with Gasteiger partial charge in [0.2, 0.25) is 0 Å². The average molecular weight is 179 g/mol. The van der Waals surface area contributed by atoms with Gasteiger partial charge < -0.3 is 0 Å². The maximum absolute atomic E-state index is 11.5. The summed E-state index contributed by atoms with van der Waals surface area (Å²) in [6.07, 6.45) is 3.17. The predicted molar refractivity (Wildman–Crippen MR) is 50.9 cm³/mol. The van der Waals surface area contributed by atoms with E-state index >= 15 is 0 Å². The zero-order valence-corrected chi connectivity index (χ0v) is 7.84. The summed E-state index contributed by atoms with van der Waals surface area (Å²) in [5, 5.41) is 0. The molecule has 0 aromatic heterocycles. The van der Waals surface area contributed by atoms with Gasteiger partial charge in [0, 0.05) is 12.0 Å². The third kappa shape index (κ3) is 1.42. The highest BCUT2D eigenvalue weighted by atomic mass is 31.1. The molecule has 0 bridgehead atoms. The lowest BCUT2D eigenvalue weighted by Gasteiger charge is -1.98. The highest BCUT2D eigenvalue weighted by Gasteiger charge is 2.36. The fraction of sp³-hybridized carbons (Fsp3) is 0.400. The Kier molecular flexibility index (Phi) is 2.23. The minimum absolute atomic E-state index is 0.348. The van der Waals surface area contributed by atoms with E-state index in [0.29, 0.717) is 5.66 Å². The second kappa shape index (κ2) is 3.37. The summed E-state index contributed by atoms with van der Waals surface area (Å²) in [5.74, 6) is 0. The molecule has 1 unspecified atom stereocenters. The predicted octanol–water partition coefficient (Wildman–Crippen LogP) is 3.35. The Morgan fingerprint density at radius 1 is 1.25 bits per heavy atom. The maximum atomic E-state index is 11.5. The summed E-state index contributed by atoms with van der Waals surface area (Å²) in [7, 11) is -0.955. The molecular weight excluding hydrogens is 167 g/mol. The lowest BCUT2D eigenvalue weighted by atomic mass is 10.1. The Morgan fingerprint density at radius 2 is 2.00 bits per heavy atom. The molecule has 62 valence electrons. The maximum Gasteiger partial charge on any atom is 0.346 e. The standard InChI is InChI=1S/C10H12OP/c11-12-8-4-7-10(12)9-5-2-1-3-6-9/h1-3,5-6,10H,4,7-8H2/q+1/t10-/m0/s1. The van der Waals surface area contributed by atoms with Crippen molar-refractivity contribution in [1.82, 2.24) is 0 Å². The van der Waals surface area contributed by atoms with Crippen molar-refractivity contribution in [2.75, 3.05) is 6.16 Å². The molecule has 1 aliphatic rings. The summed E-state index contributed by atoms with van der Waals surface area (Å²) in [4.78, 5) is 0. The number of benzene rings is 1. The van der Waals surface area contributed by atoms with Crippen molar-refractivity contribution in [2.45, 2.75) is 18.5 Å². The van der Waals surface area contributed by atoms with Crippen molar-refractivity contribution in [3.05, 3.63) is 35.9 Å². The van der Waals surface area contributed by atoms with Crippen molar-refractivity contribution >= 4 is 7.80 Å². The fourth-order valence-corrected chi connectivity index (χ4v) is 3.53. The highest BCUT2D eigenvalue weighted by molar-refractivity contribution is 7.45. The Morgan fingerprint density at radius 3 is 2.58 bits per heavy atom. The Bertz CT molecular complexity index is 281. The number of rotatable bonds is 1. The first-order chi connectivity index (χ1) is 5.88. The lowest BCUT2D eigenvalue weighted by molar-refractivity contribution is 0.585. The minimum Gasteiger partial charge on any atom is -0.0741 e. The Labute approximate surface area is 73.6 Å².